The second kappa shape index (κ2) is 19.6. The van der Waals surface area contributed by atoms with Crippen molar-refractivity contribution in [3.05, 3.63) is 0 Å². The van der Waals surface area contributed by atoms with Crippen LogP contribution in [-0.2, 0) is 14.3 Å². The van der Waals surface area contributed by atoms with Crippen molar-refractivity contribution in [1.29, 1.82) is 0 Å². The minimum atomic E-state index is -0.776. The minimum absolute atomic E-state index is 0. The normalized spacial score (nSPS) is 10.4. The molecule has 0 saturated carbocycles. The van der Waals surface area contributed by atoms with Gasteiger partial charge in [0.05, 0.1) is 6.61 Å². The lowest BCUT2D eigenvalue weighted by Gasteiger charge is -2.37. The van der Waals surface area contributed by atoms with E-state index in [1.807, 2.05) is 0 Å². The van der Waals surface area contributed by atoms with Crippen molar-refractivity contribution in [2.45, 2.75) is 44.6 Å². The van der Waals surface area contributed by atoms with Crippen LogP contribution in [0, 0.1) is 0 Å². The molecule has 25 heavy (non-hydrogen) atoms. The van der Waals surface area contributed by atoms with Crippen molar-refractivity contribution in [3.63, 3.8) is 0 Å². The first kappa shape index (κ1) is 38.2. The fraction of sp³-hybridized carbons (Fsp3) is 0.733. The molecule has 0 aromatic carbocycles. The maximum atomic E-state index is 11.4. The van der Waals surface area contributed by atoms with Gasteiger partial charge in [-0.05, 0) is 0 Å². The van der Waals surface area contributed by atoms with Gasteiger partial charge in [-0.1, -0.05) is 44.6 Å². The molecule has 5 amide bonds. The predicted molar refractivity (Wildman–Crippen MR) is 99.1 cm³/mol. The molecule has 10 nitrogen and oxygen atoms in total. The van der Waals surface area contributed by atoms with Crippen LogP contribution in [0.4, 0.5) is 14.4 Å². The van der Waals surface area contributed by atoms with E-state index in [1.54, 1.807) is 0 Å². The van der Waals surface area contributed by atoms with Crippen LogP contribution in [0.2, 0.25) is 0 Å². The number of alkyl carbamates (subject to hydrolysis) is 1. The van der Waals surface area contributed by atoms with Crippen LogP contribution >= 0.6 is 0 Å². The van der Waals surface area contributed by atoms with Gasteiger partial charge in [-0.15, -0.1) is 0 Å². The number of amides is 5. The molecule has 1 rings (SSSR count). The highest BCUT2D eigenvalue weighted by molar-refractivity contribution is 6.11. The molecule has 0 aromatic heterocycles. The summed E-state index contributed by atoms with van der Waals surface area (Å²) in [5, 5.41) is 2.21. The fourth-order valence-electron chi connectivity index (χ4n) is 1.18. The smallest absolute Gasteiger partial charge is 0.408 e. The molecule has 0 bridgehead atoms. The van der Waals surface area contributed by atoms with E-state index in [0.29, 0.717) is 0 Å². The van der Waals surface area contributed by atoms with Gasteiger partial charge in [-0.3, -0.25) is 0 Å². The number of aliphatic imine (C=N–C) groups is 1. The summed E-state index contributed by atoms with van der Waals surface area (Å²) in [6.07, 6.45) is 0.435. The lowest BCUT2D eigenvalue weighted by atomic mass is 10.5. The van der Waals surface area contributed by atoms with E-state index in [0.717, 1.165) is 9.80 Å². The van der Waals surface area contributed by atoms with E-state index in [-0.39, 0.29) is 71.1 Å². The molecule has 152 valence electrons. The summed E-state index contributed by atoms with van der Waals surface area (Å²) >= 11 is 0. The van der Waals surface area contributed by atoms with Gasteiger partial charge >= 0.3 is 18.2 Å². The number of imide groups is 2. The summed E-state index contributed by atoms with van der Waals surface area (Å²) in [5.41, 5.74) is 0. The van der Waals surface area contributed by atoms with Gasteiger partial charge in [-0.25, -0.2) is 29.0 Å². The number of rotatable bonds is 7. The molecule has 1 saturated heterocycles. The summed E-state index contributed by atoms with van der Waals surface area (Å²) in [5.74, 6) is 0. The quantitative estimate of drug-likeness (QED) is 0.418. The molecule has 0 atom stereocenters. The van der Waals surface area contributed by atoms with Gasteiger partial charge in [0, 0.05) is 7.11 Å². The number of carbonyl (C=O) groups is 3. The van der Waals surface area contributed by atoms with E-state index in [2.05, 4.69) is 19.8 Å². The Morgan fingerprint density at radius 3 is 2.00 bits per heavy atom. The van der Waals surface area contributed by atoms with Crippen LogP contribution in [0.1, 0.15) is 44.6 Å². The van der Waals surface area contributed by atoms with Crippen LogP contribution < -0.4 is 5.32 Å². The van der Waals surface area contributed by atoms with E-state index in [4.69, 9.17) is 0 Å². The molecule has 0 aliphatic carbocycles. The van der Waals surface area contributed by atoms with Crippen LogP contribution in [-0.4, -0.2) is 67.7 Å². The first-order valence-electron chi connectivity index (χ1n) is 5.18. The highest BCUT2D eigenvalue weighted by Gasteiger charge is 2.43. The average molecular weight is 368 g/mol. The van der Waals surface area contributed by atoms with E-state index >= 15 is 0 Å². The zero-order valence-corrected chi connectivity index (χ0v) is 10.1. The Kier molecular flexibility index (Phi) is 30.0. The Morgan fingerprint density at radius 1 is 1.04 bits per heavy atom. The largest absolute Gasteiger partial charge is 0.447 e. The topological polar surface area (TPSA) is 118 Å². The van der Waals surface area contributed by atoms with E-state index < -0.39 is 18.2 Å². The minimum Gasteiger partial charge on any atom is -0.447 e. The number of methoxy groups -OCH3 is 1. The molecular weight excluding hydrogens is 332 g/mol. The van der Waals surface area contributed by atoms with Gasteiger partial charge in [-0.2, -0.15) is 4.99 Å². The number of hydrogen-bond acceptors (Lipinski definition) is 7. The Morgan fingerprint density at radius 2 is 1.56 bits per heavy atom. The van der Waals surface area contributed by atoms with Gasteiger partial charge < -0.3 is 14.8 Å². The zero-order chi connectivity index (χ0) is 14.3. The lowest BCUT2D eigenvalue weighted by molar-refractivity contribution is 0.0870. The Bertz CT molecular complexity index is 408. The SMILES string of the molecule is C.C.C.C.C.C.COCCOC(=O)NCN1C(=O)N(CN=C=O)C1=O. The van der Waals surface area contributed by atoms with Crippen molar-refractivity contribution in [3.8, 4) is 0 Å². The summed E-state index contributed by atoms with van der Waals surface area (Å²) < 4.78 is 9.32. The van der Waals surface area contributed by atoms with Crippen LogP contribution in [0.3, 0.4) is 0 Å². The van der Waals surface area contributed by atoms with Crippen molar-refractivity contribution in [2.75, 3.05) is 33.7 Å². The number of isocyanates is 1. The van der Waals surface area contributed by atoms with Gasteiger partial charge in [0.2, 0.25) is 6.08 Å². The second-order valence-corrected chi connectivity index (χ2v) is 3.28. The number of nitrogens with one attached hydrogen (secondary N) is 1. The van der Waals surface area contributed by atoms with Gasteiger partial charge in [0.1, 0.15) is 19.9 Å². The fourth-order valence-corrected chi connectivity index (χ4v) is 1.18. The second-order valence-electron chi connectivity index (χ2n) is 3.28. The van der Waals surface area contributed by atoms with Gasteiger partial charge in [0.25, 0.3) is 0 Å². The number of carbonyl (C=O) groups excluding carboxylic acids is 4. The first-order valence-corrected chi connectivity index (χ1v) is 5.18. The Hall–Kier alpha value is -2.45. The molecule has 0 spiro atoms. The molecule has 0 aromatic rings. The summed E-state index contributed by atoms with van der Waals surface area (Å²) in [7, 11) is 1.45. The first-order chi connectivity index (χ1) is 9.11. The third kappa shape index (κ3) is 10.9. The monoisotopic (exact) mass is 368 g/mol. The number of nitrogens with zero attached hydrogens (tertiary/aromatic N) is 3. The molecule has 1 heterocycles. The molecule has 0 radical (unpaired) electrons. The summed E-state index contributed by atoms with van der Waals surface area (Å²) in [4.78, 5) is 48.3. The molecular formula is C15H36N4O6. The van der Waals surface area contributed by atoms with Crippen molar-refractivity contribution >= 4 is 24.2 Å². The zero-order valence-electron chi connectivity index (χ0n) is 10.1. The van der Waals surface area contributed by atoms with Crippen LogP contribution in [0.5, 0.6) is 0 Å². The van der Waals surface area contributed by atoms with E-state index in [9.17, 15) is 19.2 Å². The van der Waals surface area contributed by atoms with Crippen molar-refractivity contribution in [2.24, 2.45) is 4.99 Å². The third-order valence-corrected chi connectivity index (χ3v) is 2.10. The average Bonchev–Trinajstić information content (AvgIpc) is 2.39. The molecule has 0 unspecified atom stereocenters. The number of hydrogen-bond donors (Lipinski definition) is 1. The third-order valence-electron chi connectivity index (χ3n) is 2.10. The highest BCUT2D eigenvalue weighted by Crippen LogP contribution is 2.14. The number of urea groups is 2. The van der Waals surface area contributed by atoms with E-state index in [1.165, 1.54) is 13.2 Å². The highest BCUT2D eigenvalue weighted by atomic mass is 16.6. The Balaban J connectivity index is -0.000000150. The molecule has 1 aliphatic rings. The molecule has 1 fully saturated rings. The molecule has 10 heteroatoms. The van der Waals surface area contributed by atoms with Crippen molar-refractivity contribution in [1.82, 2.24) is 15.1 Å². The number of ether oxygens (including phenoxy) is 2. The van der Waals surface area contributed by atoms with Gasteiger partial charge in [0.15, 0.2) is 0 Å². The standard InChI is InChI=1S/C9H12N4O6.6CH4/c1-18-2-3-19-7(15)11-5-13-8(16)12(9(13)17)4-10-6-14;;;;;;/h2-5H2,1H3,(H,11,15);6*1H4. The summed E-state index contributed by atoms with van der Waals surface area (Å²) in [6, 6.07) is -1.33. The van der Waals surface area contributed by atoms with Crippen LogP contribution in [0.15, 0.2) is 4.99 Å². The van der Waals surface area contributed by atoms with Crippen molar-refractivity contribution < 1.29 is 28.7 Å². The maximum Gasteiger partial charge on any atom is 0.408 e. The molecule has 1 N–H and O–H groups in total. The Labute approximate surface area is 152 Å². The van der Waals surface area contributed by atoms with Crippen LogP contribution in [0.25, 0.3) is 0 Å². The summed E-state index contributed by atoms with van der Waals surface area (Å²) in [6.45, 7) is -0.391. The lowest BCUT2D eigenvalue weighted by Crippen LogP contribution is -2.65. The maximum absolute atomic E-state index is 11.4. The predicted octanol–water partition coefficient (Wildman–Crippen LogP) is 3.28. The molecule has 1 aliphatic heterocycles.